The molecule has 2 N–H and O–H groups in total. The summed E-state index contributed by atoms with van der Waals surface area (Å²) in [7, 11) is 0. The van der Waals surface area contributed by atoms with E-state index in [-0.39, 0.29) is 0 Å². The molecule has 0 spiro atoms. The normalized spacial score (nSPS) is 10.5. The number of ether oxygens (including phenoxy) is 1. The summed E-state index contributed by atoms with van der Waals surface area (Å²) < 4.78 is 10.4. The average molecular weight is 178 g/mol. The summed E-state index contributed by atoms with van der Waals surface area (Å²) in [6, 6.07) is 5.65. The number of nitrogens with two attached hydrogens (primary N) is 1. The number of aromatic nitrogens is 1. The third-order valence-electron chi connectivity index (χ3n) is 1.72. The third-order valence-corrected chi connectivity index (χ3v) is 1.72. The Labute approximate surface area is 75.3 Å². The van der Waals surface area contributed by atoms with Crippen molar-refractivity contribution in [3.8, 4) is 5.75 Å². The molecule has 2 aromatic rings. The molecule has 0 fully saturated rings. The molecule has 1 aromatic carbocycles. The van der Waals surface area contributed by atoms with Crippen LogP contribution in [-0.2, 0) is 0 Å². The van der Waals surface area contributed by atoms with Crippen LogP contribution >= 0.6 is 0 Å². The maximum atomic E-state index is 5.37. The predicted octanol–water partition coefficient (Wildman–Crippen LogP) is 1.17. The zero-order valence-corrected chi connectivity index (χ0v) is 7.06. The molecule has 0 aliphatic rings. The maximum absolute atomic E-state index is 5.37. The summed E-state index contributed by atoms with van der Waals surface area (Å²) in [4.78, 5) is 0. The average Bonchev–Trinajstić information content (AvgIpc) is 2.62. The SMILES string of the molecule is NCCOc1cccc2cnoc12. The maximum Gasteiger partial charge on any atom is 0.208 e. The Balaban J connectivity index is 2.37. The van der Waals surface area contributed by atoms with Gasteiger partial charge in [0, 0.05) is 11.9 Å². The van der Waals surface area contributed by atoms with Crippen LogP contribution in [0.2, 0.25) is 0 Å². The van der Waals surface area contributed by atoms with E-state index in [1.165, 1.54) is 0 Å². The first kappa shape index (κ1) is 8.07. The minimum atomic E-state index is 0.486. The Hall–Kier alpha value is -1.55. The Morgan fingerprint density at radius 3 is 3.23 bits per heavy atom. The smallest absolute Gasteiger partial charge is 0.208 e. The molecular formula is C9H10N2O2. The predicted molar refractivity (Wildman–Crippen MR) is 48.6 cm³/mol. The van der Waals surface area contributed by atoms with Crippen molar-refractivity contribution < 1.29 is 9.26 Å². The highest BCUT2D eigenvalue weighted by Crippen LogP contribution is 2.24. The summed E-state index contributed by atoms with van der Waals surface area (Å²) in [5, 5.41) is 4.62. The number of nitrogens with zero attached hydrogens (tertiary/aromatic N) is 1. The number of fused-ring (bicyclic) bond motifs is 1. The van der Waals surface area contributed by atoms with E-state index >= 15 is 0 Å². The molecule has 0 saturated carbocycles. The standard InChI is InChI=1S/C9H10N2O2/c10-4-5-12-8-3-1-2-7-6-11-13-9(7)8/h1-3,6H,4-5,10H2. The van der Waals surface area contributed by atoms with E-state index in [2.05, 4.69) is 5.16 Å². The van der Waals surface area contributed by atoms with Crippen molar-refractivity contribution in [3.63, 3.8) is 0 Å². The highest BCUT2D eigenvalue weighted by Gasteiger charge is 2.04. The summed E-state index contributed by atoms with van der Waals surface area (Å²) in [5.41, 5.74) is 6.00. The number of rotatable bonds is 3. The van der Waals surface area contributed by atoms with E-state index in [0.717, 1.165) is 5.39 Å². The van der Waals surface area contributed by atoms with E-state index < -0.39 is 0 Å². The van der Waals surface area contributed by atoms with Gasteiger partial charge in [0.2, 0.25) is 5.58 Å². The Bertz CT molecular complexity index is 397. The van der Waals surface area contributed by atoms with Crippen LogP contribution in [0.15, 0.2) is 28.9 Å². The van der Waals surface area contributed by atoms with Gasteiger partial charge in [-0.15, -0.1) is 0 Å². The molecule has 1 aromatic heterocycles. The first-order chi connectivity index (χ1) is 6.42. The number of para-hydroxylation sites is 1. The first-order valence-electron chi connectivity index (χ1n) is 4.08. The van der Waals surface area contributed by atoms with Gasteiger partial charge in [-0.3, -0.25) is 0 Å². The molecule has 0 saturated heterocycles. The van der Waals surface area contributed by atoms with Crippen LogP contribution in [0, 0.1) is 0 Å². The molecule has 0 aliphatic heterocycles. The molecule has 4 heteroatoms. The Morgan fingerprint density at radius 2 is 2.38 bits per heavy atom. The first-order valence-corrected chi connectivity index (χ1v) is 4.08. The summed E-state index contributed by atoms with van der Waals surface area (Å²) in [5.74, 6) is 0.695. The van der Waals surface area contributed by atoms with Gasteiger partial charge in [0.1, 0.15) is 6.61 Å². The number of hydrogen-bond donors (Lipinski definition) is 1. The summed E-state index contributed by atoms with van der Waals surface area (Å²) in [6.45, 7) is 0.977. The van der Waals surface area contributed by atoms with Crippen molar-refractivity contribution in [1.82, 2.24) is 5.16 Å². The van der Waals surface area contributed by atoms with Crippen LogP contribution in [0.5, 0.6) is 5.75 Å². The van der Waals surface area contributed by atoms with Gasteiger partial charge in [0.25, 0.3) is 0 Å². The van der Waals surface area contributed by atoms with Crippen molar-refractivity contribution in [2.45, 2.75) is 0 Å². The van der Waals surface area contributed by atoms with Crippen LogP contribution in [0.4, 0.5) is 0 Å². The number of hydrogen-bond acceptors (Lipinski definition) is 4. The zero-order chi connectivity index (χ0) is 9.10. The van der Waals surface area contributed by atoms with Gasteiger partial charge >= 0.3 is 0 Å². The molecule has 0 radical (unpaired) electrons. The molecule has 0 bridgehead atoms. The van der Waals surface area contributed by atoms with E-state index in [9.17, 15) is 0 Å². The summed E-state index contributed by atoms with van der Waals surface area (Å²) >= 11 is 0. The van der Waals surface area contributed by atoms with Crippen molar-refractivity contribution in [2.24, 2.45) is 5.73 Å². The van der Waals surface area contributed by atoms with E-state index in [1.54, 1.807) is 6.20 Å². The lowest BCUT2D eigenvalue weighted by Gasteiger charge is -2.02. The van der Waals surface area contributed by atoms with Crippen LogP contribution in [0.3, 0.4) is 0 Å². The largest absolute Gasteiger partial charge is 0.488 e. The van der Waals surface area contributed by atoms with Gasteiger partial charge in [0.05, 0.1) is 6.20 Å². The molecule has 0 atom stereocenters. The van der Waals surface area contributed by atoms with Gasteiger partial charge in [-0.2, -0.15) is 0 Å². The highest BCUT2D eigenvalue weighted by molar-refractivity contribution is 5.81. The molecular weight excluding hydrogens is 168 g/mol. The zero-order valence-electron chi connectivity index (χ0n) is 7.06. The molecule has 68 valence electrons. The molecule has 2 rings (SSSR count). The van der Waals surface area contributed by atoms with Gasteiger partial charge < -0.3 is 15.0 Å². The molecule has 4 nitrogen and oxygen atoms in total. The minimum Gasteiger partial charge on any atom is -0.488 e. The number of benzene rings is 1. The lowest BCUT2D eigenvalue weighted by Crippen LogP contribution is -2.10. The second kappa shape index (κ2) is 3.45. The van der Waals surface area contributed by atoms with Gasteiger partial charge in [0.15, 0.2) is 5.75 Å². The highest BCUT2D eigenvalue weighted by atomic mass is 16.5. The van der Waals surface area contributed by atoms with Gasteiger partial charge in [-0.1, -0.05) is 11.2 Å². The monoisotopic (exact) mass is 178 g/mol. The Kier molecular flexibility index (Phi) is 2.14. The van der Waals surface area contributed by atoms with E-state index in [1.807, 2.05) is 18.2 Å². The van der Waals surface area contributed by atoms with Crippen LogP contribution < -0.4 is 10.5 Å². The Morgan fingerprint density at radius 1 is 1.46 bits per heavy atom. The molecule has 0 aliphatic carbocycles. The van der Waals surface area contributed by atoms with E-state index in [4.69, 9.17) is 15.0 Å². The van der Waals surface area contributed by atoms with Crippen molar-refractivity contribution in [3.05, 3.63) is 24.4 Å². The van der Waals surface area contributed by atoms with Gasteiger partial charge in [-0.05, 0) is 12.1 Å². The van der Waals surface area contributed by atoms with Crippen molar-refractivity contribution in [2.75, 3.05) is 13.2 Å². The third kappa shape index (κ3) is 1.48. The van der Waals surface area contributed by atoms with Crippen LogP contribution in [0.1, 0.15) is 0 Å². The van der Waals surface area contributed by atoms with Crippen LogP contribution in [-0.4, -0.2) is 18.3 Å². The second-order valence-electron chi connectivity index (χ2n) is 2.64. The van der Waals surface area contributed by atoms with Gasteiger partial charge in [-0.25, -0.2) is 0 Å². The molecule has 13 heavy (non-hydrogen) atoms. The van der Waals surface area contributed by atoms with Crippen molar-refractivity contribution >= 4 is 11.0 Å². The molecule has 1 heterocycles. The lowest BCUT2D eigenvalue weighted by molar-refractivity contribution is 0.322. The fourth-order valence-electron chi connectivity index (χ4n) is 1.15. The summed E-state index contributed by atoms with van der Waals surface area (Å²) in [6.07, 6.45) is 1.66. The second-order valence-corrected chi connectivity index (χ2v) is 2.64. The van der Waals surface area contributed by atoms with E-state index in [0.29, 0.717) is 24.5 Å². The lowest BCUT2D eigenvalue weighted by atomic mass is 10.2. The molecule has 0 unspecified atom stereocenters. The van der Waals surface area contributed by atoms with Crippen LogP contribution in [0.25, 0.3) is 11.0 Å². The fourth-order valence-corrected chi connectivity index (χ4v) is 1.15. The van der Waals surface area contributed by atoms with Crippen molar-refractivity contribution in [1.29, 1.82) is 0 Å². The fraction of sp³-hybridized carbons (Fsp3) is 0.222. The quantitative estimate of drug-likeness (QED) is 0.766. The molecule has 0 amide bonds. The minimum absolute atomic E-state index is 0.486. The topological polar surface area (TPSA) is 61.3 Å².